The van der Waals surface area contributed by atoms with Crippen LogP contribution in [0.1, 0.15) is 12.0 Å². The number of halogens is 3. The first-order valence-corrected chi connectivity index (χ1v) is 4.55. The minimum atomic E-state index is -4.90. The fourth-order valence-corrected chi connectivity index (χ4v) is 1.57. The van der Waals surface area contributed by atoms with Crippen LogP contribution in [0.5, 0.6) is 5.75 Å². The minimum Gasteiger partial charge on any atom is -0.491 e. The SMILES string of the molecule is F[B-](F)(F)/C=C1\CCOc2cnccc21.[K+]. The maximum absolute atomic E-state index is 12.3. The molecule has 7 heteroatoms. The van der Waals surface area contributed by atoms with Gasteiger partial charge >= 0.3 is 58.4 Å². The number of nitrogens with zero attached hydrogens (tertiary/aromatic N) is 1. The molecule has 0 unspecified atom stereocenters. The number of ether oxygens (including phenoxy) is 1. The first-order chi connectivity index (χ1) is 7.06. The van der Waals surface area contributed by atoms with Gasteiger partial charge < -0.3 is 17.7 Å². The summed E-state index contributed by atoms with van der Waals surface area (Å²) in [5.41, 5.74) is 0.779. The van der Waals surface area contributed by atoms with Gasteiger partial charge in [0.2, 0.25) is 0 Å². The molecule has 16 heavy (non-hydrogen) atoms. The molecule has 80 valence electrons. The van der Waals surface area contributed by atoms with E-state index in [9.17, 15) is 12.9 Å². The molecule has 0 saturated carbocycles. The predicted molar refractivity (Wildman–Crippen MR) is 51.4 cm³/mol. The number of hydrogen-bond acceptors (Lipinski definition) is 2. The Morgan fingerprint density at radius 3 is 2.81 bits per heavy atom. The summed E-state index contributed by atoms with van der Waals surface area (Å²) in [7, 11) is 0. The van der Waals surface area contributed by atoms with E-state index in [1.807, 2.05) is 0 Å². The second kappa shape index (κ2) is 5.68. The maximum atomic E-state index is 12.3. The molecule has 0 N–H and O–H groups in total. The van der Waals surface area contributed by atoms with Crippen molar-refractivity contribution in [2.45, 2.75) is 6.42 Å². The van der Waals surface area contributed by atoms with Crippen LogP contribution in [0.2, 0.25) is 0 Å². The first kappa shape index (κ1) is 14.2. The molecule has 0 aromatic carbocycles. The zero-order chi connectivity index (χ0) is 10.9. The van der Waals surface area contributed by atoms with Crippen LogP contribution >= 0.6 is 0 Å². The summed E-state index contributed by atoms with van der Waals surface area (Å²) in [6.07, 6.45) is 3.19. The van der Waals surface area contributed by atoms with Gasteiger partial charge in [-0.05, 0) is 6.07 Å². The van der Waals surface area contributed by atoms with Crippen molar-refractivity contribution in [3.05, 3.63) is 30.0 Å². The molecule has 1 aromatic heterocycles. The average Bonchev–Trinajstić information content (AvgIpc) is 2.16. The van der Waals surface area contributed by atoms with Gasteiger partial charge in [-0.2, -0.15) is 0 Å². The summed E-state index contributed by atoms with van der Waals surface area (Å²) in [6, 6.07) is 1.54. The van der Waals surface area contributed by atoms with E-state index in [4.69, 9.17) is 4.74 Å². The predicted octanol–water partition coefficient (Wildman–Crippen LogP) is -0.362. The Labute approximate surface area is 134 Å². The first-order valence-electron chi connectivity index (χ1n) is 4.55. The number of hydrogen-bond donors (Lipinski definition) is 0. The van der Waals surface area contributed by atoms with Gasteiger partial charge in [0.1, 0.15) is 5.75 Å². The molecule has 0 bridgehead atoms. The Balaban J connectivity index is 0.00000128. The van der Waals surface area contributed by atoms with Gasteiger partial charge in [-0.15, -0.1) is 5.98 Å². The van der Waals surface area contributed by atoms with Crippen LogP contribution in [-0.4, -0.2) is 18.6 Å². The zero-order valence-electron chi connectivity index (χ0n) is 8.79. The van der Waals surface area contributed by atoms with Crippen molar-refractivity contribution < 1.29 is 69.1 Å². The largest absolute Gasteiger partial charge is 1.00 e. The van der Waals surface area contributed by atoms with Crippen molar-refractivity contribution in [2.24, 2.45) is 0 Å². The van der Waals surface area contributed by atoms with E-state index in [1.165, 1.54) is 12.4 Å². The van der Waals surface area contributed by atoms with Crippen molar-refractivity contribution in [1.29, 1.82) is 0 Å². The van der Waals surface area contributed by atoms with Gasteiger partial charge in [-0.25, -0.2) is 0 Å². The van der Waals surface area contributed by atoms with Gasteiger partial charge in [0.05, 0.1) is 12.8 Å². The van der Waals surface area contributed by atoms with Crippen LogP contribution in [0.25, 0.3) is 5.57 Å². The monoisotopic (exact) mass is 253 g/mol. The molecule has 0 saturated heterocycles. The molecule has 2 heterocycles. The summed E-state index contributed by atoms with van der Waals surface area (Å²) in [4.78, 5) is 3.80. The Hall–Kier alpha value is 0.181. The summed E-state index contributed by atoms with van der Waals surface area (Å²) >= 11 is 0. The molecule has 1 aliphatic heterocycles. The second-order valence-corrected chi connectivity index (χ2v) is 3.29. The standard InChI is InChI=1S/C9H8BF3NO.K/c11-10(12,13)5-7-2-4-15-9-6-14-3-1-8(7)9;/h1,3,5-6H,2,4H2;/q-1;+1/b7-5+;. The quantitative estimate of drug-likeness (QED) is 0.637. The molecule has 2 nitrogen and oxygen atoms in total. The van der Waals surface area contributed by atoms with E-state index >= 15 is 0 Å². The molecule has 1 aliphatic rings. The molecular weight excluding hydrogens is 245 g/mol. The fraction of sp³-hybridized carbons (Fsp3) is 0.222. The van der Waals surface area contributed by atoms with E-state index in [1.54, 1.807) is 6.07 Å². The van der Waals surface area contributed by atoms with Gasteiger partial charge in [-0.1, -0.05) is 5.57 Å². The van der Waals surface area contributed by atoms with Crippen molar-refractivity contribution in [2.75, 3.05) is 6.61 Å². The smallest absolute Gasteiger partial charge is 0.491 e. The Morgan fingerprint density at radius 1 is 1.38 bits per heavy atom. The summed E-state index contributed by atoms with van der Waals surface area (Å²) in [6.45, 7) is -4.62. The fourth-order valence-electron chi connectivity index (χ4n) is 1.57. The molecule has 0 aliphatic carbocycles. The van der Waals surface area contributed by atoms with Gasteiger partial charge in [-0.3, -0.25) is 4.98 Å². The van der Waals surface area contributed by atoms with E-state index in [0.29, 0.717) is 17.3 Å². The number of rotatable bonds is 1. The van der Waals surface area contributed by atoms with Crippen LogP contribution in [0.4, 0.5) is 12.9 Å². The minimum absolute atomic E-state index is 0. The van der Waals surface area contributed by atoms with Crippen LogP contribution in [0.15, 0.2) is 24.4 Å². The average molecular weight is 253 g/mol. The van der Waals surface area contributed by atoms with Crippen molar-refractivity contribution in [3.63, 3.8) is 0 Å². The summed E-state index contributed by atoms with van der Waals surface area (Å²) in [5.74, 6) is 0.816. The van der Waals surface area contributed by atoms with E-state index < -0.39 is 6.98 Å². The topological polar surface area (TPSA) is 22.1 Å². The van der Waals surface area contributed by atoms with Crippen LogP contribution in [0, 0.1) is 0 Å². The molecule has 0 spiro atoms. The van der Waals surface area contributed by atoms with Crippen LogP contribution in [-0.2, 0) is 0 Å². The number of pyridine rings is 1. The van der Waals surface area contributed by atoms with Gasteiger partial charge in [0.15, 0.2) is 0 Å². The second-order valence-electron chi connectivity index (χ2n) is 3.29. The maximum Gasteiger partial charge on any atom is 1.00 e. The van der Waals surface area contributed by atoms with E-state index in [-0.39, 0.29) is 70.0 Å². The molecular formula is C9H8BF3KNO. The van der Waals surface area contributed by atoms with Gasteiger partial charge in [0, 0.05) is 18.2 Å². The van der Waals surface area contributed by atoms with Crippen molar-refractivity contribution in [3.8, 4) is 5.75 Å². The Morgan fingerprint density at radius 2 is 2.12 bits per heavy atom. The number of fused-ring (bicyclic) bond motifs is 1. The third-order valence-electron chi connectivity index (χ3n) is 2.15. The summed E-state index contributed by atoms with van der Waals surface area (Å²) in [5, 5.41) is 0. The molecule has 2 rings (SSSR count). The zero-order valence-corrected chi connectivity index (χ0v) is 11.9. The third kappa shape index (κ3) is 3.59. The summed E-state index contributed by atoms with van der Waals surface area (Å²) < 4.78 is 42.0. The molecule has 1 aromatic rings. The Kier molecular flexibility index (Phi) is 5.06. The van der Waals surface area contributed by atoms with E-state index in [2.05, 4.69) is 4.98 Å². The molecule has 0 atom stereocenters. The van der Waals surface area contributed by atoms with Gasteiger partial charge in [0.25, 0.3) is 0 Å². The Bertz CT molecular complexity index is 408. The number of aromatic nitrogens is 1. The van der Waals surface area contributed by atoms with E-state index in [0.717, 1.165) is 0 Å². The van der Waals surface area contributed by atoms with Crippen LogP contribution < -0.4 is 56.1 Å². The molecule has 0 fully saturated rings. The third-order valence-corrected chi connectivity index (χ3v) is 2.15. The van der Waals surface area contributed by atoms with Crippen molar-refractivity contribution >= 4 is 12.6 Å². The normalized spacial score (nSPS) is 17.3. The molecule has 0 radical (unpaired) electrons. The van der Waals surface area contributed by atoms with Crippen LogP contribution in [0.3, 0.4) is 0 Å². The molecule has 0 amide bonds. The van der Waals surface area contributed by atoms with Crippen molar-refractivity contribution in [1.82, 2.24) is 4.98 Å².